The molecule has 3 rings (SSSR count). The van der Waals surface area contributed by atoms with E-state index in [0.29, 0.717) is 5.54 Å². The fraction of sp³-hybridized carbons (Fsp3) is 1.00. The van der Waals surface area contributed by atoms with E-state index < -0.39 is 0 Å². The van der Waals surface area contributed by atoms with Crippen molar-refractivity contribution in [3.8, 4) is 0 Å². The van der Waals surface area contributed by atoms with Crippen molar-refractivity contribution in [2.75, 3.05) is 19.6 Å². The summed E-state index contributed by atoms with van der Waals surface area (Å²) < 4.78 is 0. The van der Waals surface area contributed by atoms with Gasteiger partial charge in [-0.2, -0.15) is 0 Å². The van der Waals surface area contributed by atoms with Gasteiger partial charge in [-0.25, -0.2) is 0 Å². The first-order valence-corrected chi connectivity index (χ1v) is 9.16. The summed E-state index contributed by atoms with van der Waals surface area (Å²) in [4.78, 5) is 2.84. The molecule has 1 unspecified atom stereocenters. The van der Waals surface area contributed by atoms with Crippen LogP contribution in [0.3, 0.4) is 0 Å². The van der Waals surface area contributed by atoms with Crippen LogP contribution in [-0.4, -0.2) is 36.1 Å². The predicted molar refractivity (Wildman–Crippen MR) is 86.0 cm³/mol. The summed E-state index contributed by atoms with van der Waals surface area (Å²) in [6, 6.07) is 0.738. The largest absolute Gasteiger partial charge is 0.308 e. The Morgan fingerprint density at radius 2 is 1.70 bits per heavy atom. The van der Waals surface area contributed by atoms with Crippen LogP contribution in [0.5, 0.6) is 0 Å². The summed E-state index contributed by atoms with van der Waals surface area (Å²) >= 11 is 0. The van der Waals surface area contributed by atoms with E-state index in [4.69, 9.17) is 0 Å². The Kier molecular flexibility index (Phi) is 4.72. The Bertz CT molecular complexity index is 301. The normalized spacial score (nSPS) is 39.0. The molecule has 1 N–H and O–H groups in total. The quantitative estimate of drug-likeness (QED) is 0.826. The van der Waals surface area contributed by atoms with Gasteiger partial charge in [-0.1, -0.05) is 39.0 Å². The maximum atomic E-state index is 3.92. The third-order valence-corrected chi connectivity index (χ3v) is 6.34. The van der Waals surface area contributed by atoms with Crippen molar-refractivity contribution < 1.29 is 0 Å². The van der Waals surface area contributed by atoms with Gasteiger partial charge in [0.25, 0.3) is 0 Å². The van der Waals surface area contributed by atoms with E-state index in [2.05, 4.69) is 24.1 Å². The minimum absolute atomic E-state index is 0.479. The third kappa shape index (κ3) is 3.39. The van der Waals surface area contributed by atoms with Crippen molar-refractivity contribution in [3.05, 3.63) is 0 Å². The molecule has 1 atom stereocenters. The highest BCUT2D eigenvalue weighted by Crippen LogP contribution is 2.34. The molecule has 1 heterocycles. The van der Waals surface area contributed by atoms with E-state index in [-0.39, 0.29) is 0 Å². The zero-order valence-corrected chi connectivity index (χ0v) is 13.7. The van der Waals surface area contributed by atoms with Gasteiger partial charge < -0.3 is 5.32 Å². The van der Waals surface area contributed by atoms with E-state index in [1.165, 1.54) is 77.4 Å². The van der Waals surface area contributed by atoms with Gasteiger partial charge in [-0.05, 0) is 44.4 Å². The van der Waals surface area contributed by atoms with Crippen LogP contribution in [0.15, 0.2) is 0 Å². The molecule has 116 valence electrons. The van der Waals surface area contributed by atoms with Crippen LogP contribution < -0.4 is 5.32 Å². The summed E-state index contributed by atoms with van der Waals surface area (Å²) in [5.74, 6) is 1.96. The van der Waals surface area contributed by atoms with Crippen LogP contribution in [0.2, 0.25) is 0 Å². The smallest absolute Gasteiger partial charge is 0.0309 e. The Morgan fingerprint density at radius 1 is 1.00 bits per heavy atom. The van der Waals surface area contributed by atoms with Gasteiger partial charge in [0.1, 0.15) is 0 Å². The lowest BCUT2D eigenvalue weighted by Crippen LogP contribution is -2.64. The lowest BCUT2D eigenvalue weighted by molar-refractivity contribution is 0.0444. The third-order valence-electron chi connectivity index (χ3n) is 6.34. The van der Waals surface area contributed by atoms with Crippen LogP contribution in [0.4, 0.5) is 0 Å². The molecular formula is C18H34N2. The second kappa shape index (κ2) is 6.36. The molecular weight excluding hydrogens is 244 g/mol. The van der Waals surface area contributed by atoms with Gasteiger partial charge >= 0.3 is 0 Å². The van der Waals surface area contributed by atoms with E-state index in [0.717, 1.165) is 17.9 Å². The van der Waals surface area contributed by atoms with Gasteiger partial charge in [0.05, 0.1) is 0 Å². The van der Waals surface area contributed by atoms with Crippen LogP contribution in [-0.2, 0) is 0 Å². The first kappa shape index (κ1) is 14.8. The summed E-state index contributed by atoms with van der Waals surface area (Å²) in [5.41, 5.74) is 0.479. The molecule has 2 saturated carbocycles. The zero-order chi connectivity index (χ0) is 14.0. The minimum atomic E-state index is 0.479. The summed E-state index contributed by atoms with van der Waals surface area (Å²) in [5, 5.41) is 3.92. The second-order valence-corrected chi connectivity index (χ2v) is 8.13. The summed E-state index contributed by atoms with van der Waals surface area (Å²) in [7, 11) is 0. The van der Waals surface area contributed by atoms with E-state index in [9.17, 15) is 0 Å². The van der Waals surface area contributed by atoms with Gasteiger partial charge in [0, 0.05) is 31.2 Å². The van der Waals surface area contributed by atoms with Crippen molar-refractivity contribution in [1.82, 2.24) is 10.2 Å². The Balaban J connectivity index is 1.56. The molecule has 2 heteroatoms. The molecule has 1 spiro atoms. The number of hydrogen-bond acceptors (Lipinski definition) is 2. The Morgan fingerprint density at radius 3 is 2.40 bits per heavy atom. The fourth-order valence-corrected chi connectivity index (χ4v) is 4.75. The molecule has 2 nitrogen and oxygen atoms in total. The number of piperazine rings is 1. The molecule has 1 saturated heterocycles. The van der Waals surface area contributed by atoms with E-state index in [1.54, 1.807) is 0 Å². The summed E-state index contributed by atoms with van der Waals surface area (Å²) in [6.07, 6.45) is 13.1. The van der Waals surface area contributed by atoms with Crippen LogP contribution in [0.1, 0.15) is 71.6 Å². The second-order valence-electron chi connectivity index (χ2n) is 8.13. The molecule has 20 heavy (non-hydrogen) atoms. The number of rotatable bonds is 2. The maximum absolute atomic E-state index is 3.92. The number of nitrogens with one attached hydrogen (secondary N) is 1. The minimum Gasteiger partial charge on any atom is -0.308 e. The predicted octanol–water partition coefficient (Wildman–Crippen LogP) is 3.81. The maximum Gasteiger partial charge on any atom is 0.0309 e. The summed E-state index contributed by atoms with van der Waals surface area (Å²) in [6.45, 7) is 8.76. The Hall–Kier alpha value is -0.0800. The van der Waals surface area contributed by atoms with Crippen molar-refractivity contribution in [3.63, 3.8) is 0 Å². The van der Waals surface area contributed by atoms with Crippen LogP contribution in [0.25, 0.3) is 0 Å². The lowest BCUT2D eigenvalue weighted by Gasteiger charge is -2.50. The first-order valence-electron chi connectivity index (χ1n) is 9.16. The standard InChI is InChI=1S/C18H34N2/c1-15-6-8-17(9-7-15)13-20-14-18(19-12-16(20)2)10-4-3-5-11-18/h15-17,19H,3-14H2,1-2H3. The first-order chi connectivity index (χ1) is 9.67. The molecule has 0 radical (unpaired) electrons. The van der Waals surface area contributed by atoms with E-state index in [1.807, 2.05) is 0 Å². The van der Waals surface area contributed by atoms with Gasteiger partial charge in [-0.3, -0.25) is 4.90 Å². The lowest BCUT2D eigenvalue weighted by atomic mass is 9.78. The van der Waals surface area contributed by atoms with Gasteiger partial charge in [-0.15, -0.1) is 0 Å². The van der Waals surface area contributed by atoms with Crippen molar-refractivity contribution in [1.29, 1.82) is 0 Å². The molecule has 2 aliphatic carbocycles. The Labute approximate surface area is 125 Å². The number of nitrogens with zero attached hydrogens (tertiary/aromatic N) is 1. The van der Waals surface area contributed by atoms with Crippen molar-refractivity contribution >= 4 is 0 Å². The monoisotopic (exact) mass is 278 g/mol. The molecule has 0 bridgehead atoms. The molecule has 3 aliphatic rings. The molecule has 0 aromatic heterocycles. The topological polar surface area (TPSA) is 15.3 Å². The molecule has 0 amide bonds. The molecule has 3 fully saturated rings. The van der Waals surface area contributed by atoms with Crippen LogP contribution >= 0.6 is 0 Å². The molecule has 0 aromatic carbocycles. The zero-order valence-electron chi connectivity index (χ0n) is 13.7. The van der Waals surface area contributed by atoms with Crippen molar-refractivity contribution in [2.24, 2.45) is 11.8 Å². The molecule has 0 aromatic rings. The van der Waals surface area contributed by atoms with Gasteiger partial charge in [0.2, 0.25) is 0 Å². The van der Waals surface area contributed by atoms with Crippen molar-refractivity contribution in [2.45, 2.75) is 83.2 Å². The highest BCUT2D eigenvalue weighted by molar-refractivity contribution is 4.99. The average Bonchev–Trinajstić information content (AvgIpc) is 2.47. The van der Waals surface area contributed by atoms with Crippen LogP contribution in [0, 0.1) is 11.8 Å². The molecule has 1 aliphatic heterocycles. The highest BCUT2D eigenvalue weighted by Gasteiger charge is 2.39. The highest BCUT2D eigenvalue weighted by atomic mass is 15.3. The average molecular weight is 278 g/mol. The SMILES string of the molecule is CC1CCC(CN2CC3(CCCCC3)NCC2C)CC1. The number of hydrogen-bond donors (Lipinski definition) is 1. The van der Waals surface area contributed by atoms with Gasteiger partial charge in [0.15, 0.2) is 0 Å². The van der Waals surface area contributed by atoms with E-state index >= 15 is 0 Å². The fourth-order valence-electron chi connectivity index (χ4n) is 4.75.